The second kappa shape index (κ2) is 8.14. The molecule has 6 nitrogen and oxygen atoms in total. The van der Waals surface area contributed by atoms with Crippen molar-refractivity contribution in [2.75, 3.05) is 20.8 Å². The van der Waals surface area contributed by atoms with Crippen LogP contribution < -0.4 is 14.2 Å². The van der Waals surface area contributed by atoms with Crippen molar-refractivity contribution >= 4 is 29.5 Å². The lowest BCUT2D eigenvalue weighted by Crippen LogP contribution is -2.05. The average Bonchev–Trinajstić information content (AvgIpc) is 3.04. The molecule has 0 spiro atoms. The molecule has 0 unspecified atom stereocenters. The molecule has 2 aromatic carbocycles. The zero-order chi connectivity index (χ0) is 19.4. The van der Waals surface area contributed by atoms with Gasteiger partial charge in [-0.15, -0.1) is 0 Å². The van der Waals surface area contributed by atoms with Crippen molar-refractivity contribution in [2.24, 2.45) is 4.99 Å². The highest BCUT2D eigenvalue weighted by molar-refractivity contribution is 6.32. The number of carbonyl (C=O) groups excluding carboxylic acids is 1. The first kappa shape index (κ1) is 18.8. The van der Waals surface area contributed by atoms with E-state index in [1.165, 1.54) is 7.11 Å². The molecule has 0 fully saturated rings. The standard InChI is InChI=1S/C20H18ClNO5/c1-4-26-18-15(21)9-12(11-17(18)25-3)10-16-20(23)27-19(22-16)13-5-7-14(24-2)8-6-13/h5-11H,4H2,1-3H3. The molecule has 0 aromatic heterocycles. The average molecular weight is 388 g/mol. The largest absolute Gasteiger partial charge is 0.497 e. The molecule has 0 saturated carbocycles. The van der Waals surface area contributed by atoms with Gasteiger partial charge in [0, 0.05) is 5.56 Å². The number of rotatable bonds is 6. The van der Waals surface area contributed by atoms with Crippen LogP contribution in [0.2, 0.25) is 5.02 Å². The number of methoxy groups -OCH3 is 2. The van der Waals surface area contributed by atoms with Crippen LogP contribution >= 0.6 is 11.6 Å². The molecular formula is C20H18ClNO5. The highest BCUT2D eigenvalue weighted by atomic mass is 35.5. The predicted octanol–water partition coefficient (Wildman–Crippen LogP) is 4.10. The normalized spacial score (nSPS) is 14.7. The molecule has 3 rings (SSSR count). The fourth-order valence-corrected chi connectivity index (χ4v) is 2.81. The third-order valence-electron chi connectivity index (χ3n) is 3.80. The van der Waals surface area contributed by atoms with E-state index in [1.807, 2.05) is 6.92 Å². The van der Waals surface area contributed by atoms with Gasteiger partial charge in [-0.2, -0.15) is 0 Å². The minimum atomic E-state index is -0.537. The third kappa shape index (κ3) is 4.06. The number of halogens is 1. The van der Waals surface area contributed by atoms with Gasteiger partial charge in [0.1, 0.15) is 5.75 Å². The Kier molecular flexibility index (Phi) is 5.66. The Labute approximate surface area is 162 Å². The molecule has 1 aliphatic rings. The topological polar surface area (TPSA) is 66.3 Å². The quantitative estimate of drug-likeness (QED) is 0.551. The van der Waals surface area contributed by atoms with E-state index in [2.05, 4.69) is 4.99 Å². The lowest BCUT2D eigenvalue weighted by molar-refractivity contribution is -0.129. The number of hydrogen-bond donors (Lipinski definition) is 0. The Balaban J connectivity index is 1.93. The van der Waals surface area contributed by atoms with Crippen LogP contribution in [0.4, 0.5) is 0 Å². The maximum absolute atomic E-state index is 12.2. The maximum atomic E-state index is 12.2. The zero-order valence-electron chi connectivity index (χ0n) is 15.1. The van der Waals surface area contributed by atoms with Gasteiger partial charge in [-0.05, 0) is 55.0 Å². The van der Waals surface area contributed by atoms with Gasteiger partial charge >= 0.3 is 5.97 Å². The second-order valence-corrected chi connectivity index (χ2v) is 5.94. The monoisotopic (exact) mass is 387 g/mol. The number of aliphatic imine (C=N–C) groups is 1. The van der Waals surface area contributed by atoms with Crippen LogP contribution in [0, 0.1) is 0 Å². The van der Waals surface area contributed by atoms with Crippen molar-refractivity contribution in [1.82, 2.24) is 0 Å². The molecule has 27 heavy (non-hydrogen) atoms. The van der Waals surface area contributed by atoms with Crippen LogP contribution in [0.5, 0.6) is 17.2 Å². The van der Waals surface area contributed by atoms with Gasteiger partial charge < -0.3 is 18.9 Å². The van der Waals surface area contributed by atoms with Crippen molar-refractivity contribution in [1.29, 1.82) is 0 Å². The summed E-state index contributed by atoms with van der Waals surface area (Å²) in [6.45, 7) is 2.31. The van der Waals surface area contributed by atoms with E-state index >= 15 is 0 Å². The zero-order valence-corrected chi connectivity index (χ0v) is 15.9. The van der Waals surface area contributed by atoms with Crippen LogP contribution in [0.3, 0.4) is 0 Å². The van der Waals surface area contributed by atoms with E-state index in [0.717, 1.165) is 0 Å². The Morgan fingerprint density at radius 1 is 1.15 bits per heavy atom. The highest BCUT2D eigenvalue weighted by Crippen LogP contribution is 2.37. The summed E-state index contributed by atoms with van der Waals surface area (Å²) in [4.78, 5) is 16.5. The van der Waals surface area contributed by atoms with Gasteiger partial charge in [-0.1, -0.05) is 11.6 Å². The van der Waals surface area contributed by atoms with Crippen LogP contribution in [-0.2, 0) is 9.53 Å². The van der Waals surface area contributed by atoms with Gasteiger partial charge in [0.25, 0.3) is 0 Å². The van der Waals surface area contributed by atoms with E-state index in [-0.39, 0.29) is 11.6 Å². The van der Waals surface area contributed by atoms with Gasteiger partial charge in [-0.3, -0.25) is 0 Å². The molecule has 1 aliphatic heterocycles. The number of nitrogens with zero attached hydrogens (tertiary/aromatic N) is 1. The van der Waals surface area contributed by atoms with E-state index in [4.69, 9.17) is 30.5 Å². The second-order valence-electron chi connectivity index (χ2n) is 5.53. The smallest absolute Gasteiger partial charge is 0.363 e. The van der Waals surface area contributed by atoms with E-state index < -0.39 is 5.97 Å². The molecule has 0 saturated heterocycles. The third-order valence-corrected chi connectivity index (χ3v) is 4.08. The highest BCUT2D eigenvalue weighted by Gasteiger charge is 2.24. The molecule has 0 radical (unpaired) electrons. The Bertz CT molecular complexity index is 919. The van der Waals surface area contributed by atoms with E-state index in [0.29, 0.717) is 40.0 Å². The summed E-state index contributed by atoms with van der Waals surface area (Å²) < 4.78 is 21.2. The lowest BCUT2D eigenvalue weighted by atomic mass is 10.1. The number of carbonyl (C=O) groups is 1. The minimum absolute atomic E-state index is 0.170. The summed E-state index contributed by atoms with van der Waals surface area (Å²) in [5.41, 5.74) is 1.49. The van der Waals surface area contributed by atoms with E-state index in [1.54, 1.807) is 49.6 Å². The molecule has 0 amide bonds. The molecule has 0 bridgehead atoms. The van der Waals surface area contributed by atoms with Gasteiger partial charge in [0.2, 0.25) is 5.90 Å². The SMILES string of the molecule is CCOc1c(Cl)cc(C=C2N=C(c3ccc(OC)cc3)OC2=O)cc1OC. The fraction of sp³-hybridized carbons (Fsp3) is 0.200. The van der Waals surface area contributed by atoms with E-state index in [9.17, 15) is 4.79 Å². The summed E-state index contributed by atoms with van der Waals surface area (Å²) in [6.07, 6.45) is 1.59. The first-order chi connectivity index (χ1) is 13.0. The van der Waals surface area contributed by atoms with Crippen molar-refractivity contribution in [3.05, 3.63) is 58.2 Å². The van der Waals surface area contributed by atoms with Gasteiger partial charge in [0.05, 0.1) is 25.8 Å². The Morgan fingerprint density at radius 2 is 1.89 bits per heavy atom. The Morgan fingerprint density at radius 3 is 2.52 bits per heavy atom. The Hall–Kier alpha value is -2.99. The van der Waals surface area contributed by atoms with Gasteiger partial charge in [0.15, 0.2) is 17.2 Å². The van der Waals surface area contributed by atoms with Crippen molar-refractivity contribution in [3.8, 4) is 17.2 Å². The summed E-state index contributed by atoms with van der Waals surface area (Å²) in [6, 6.07) is 10.5. The lowest BCUT2D eigenvalue weighted by Gasteiger charge is -2.11. The number of esters is 1. The summed E-state index contributed by atoms with van der Waals surface area (Å²) >= 11 is 6.27. The summed E-state index contributed by atoms with van der Waals surface area (Å²) in [7, 11) is 3.11. The van der Waals surface area contributed by atoms with Crippen LogP contribution in [-0.4, -0.2) is 32.7 Å². The minimum Gasteiger partial charge on any atom is -0.497 e. The summed E-state index contributed by atoms with van der Waals surface area (Å²) in [5.74, 6) is 1.33. The number of cyclic esters (lactones) is 1. The molecule has 0 N–H and O–H groups in total. The number of ether oxygens (including phenoxy) is 4. The van der Waals surface area contributed by atoms with Crippen molar-refractivity contribution < 1.29 is 23.7 Å². The fourth-order valence-electron chi connectivity index (χ4n) is 2.53. The van der Waals surface area contributed by atoms with Crippen molar-refractivity contribution in [3.63, 3.8) is 0 Å². The maximum Gasteiger partial charge on any atom is 0.363 e. The predicted molar refractivity (Wildman–Crippen MR) is 103 cm³/mol. The van der Waals surface area contributed by atoms with Crippen molar-refractivity contribution in [2.45, 2.75) is 6.92 Å². The number of hydrogen-bond acceptors (Lipinski definition) is 6. The van der Waals surface area contributed by atoms with Crippen LogP contribution in [0.1, 0.15) is 18.1 Å². The first-order valence-corrected chi connectivity index (χ1v) is 8.60. The van der Waals surface area contributed by atoms with Crippen LogP contribution in [0.25, 0.3) is 6.08 Å². The first-order valence-electron chi connectivity index (χ1n) is 8.23. The molecule has 0 atom stereocenters. The molecule has 2 aromatic rings. The molecule has 0 aliphatic carbocycles. The van der Waals surface area contributed by atoms with Gasteiger partial charge in [-0.25, -0.2) is 9.79 Å². The molecule has 7 heteroatoms. The molecule has 1 heterocycles. The molecule has 140 valence electrons. The number of benzene rings is 2. The summed E-state index contributed by atoms with van der Waals surface area (Å²) in [5, 5.41) is 0.383. The van der Waals surface area contributed by atoms with Crippen LogP contribution in [0.15, 0.2) is 47.1 Å². The molecular weight excluding hydrogens is 370 g/mol.